The Morgan fingerprint density at radius 1 is 1.15 bits per heavy atom. The van der Waals surface area contributed by atoms with Crippen molar-refractivity contribution in [1.82, 2.24) is 4.98 Å². The Hall–Kier alpha value is -1.54. The Labute approximate surface area is 201 Å². The van der Waals surface area contributed by atoms with E-state index in [1.165, 1.54) is 6.20 Å². The molecule has 34 heavy (non-hydrogen) atoms. The van der Waals surface area contributed by atoms with Gasteiger partial charge in [-0.1, -0.05) is 13.8 Å². The Bertz CT molecular complexity index is 927. The van der Waals surface area contributed by atoms with E-state index in [1.54, 1.807) is 18.3 Å². The minimum Gasteiger partial charge on any atom is -0.459 e. The Balaban J connectivity index is 1.44. The molecule has 0 radical (unpaired) electrons. The second-order valence-corrected chi connectivity index (χ2v) is 12.0. The summed E-state index contributed by atoms with van der Waals surface area (Å²) in [5.41, 5.74) is -2.02. The van der Waals surface area contributed by atoms with Gasteiger partial charge in [0.15, 0.2) is 0 Å². The molecule has 4 saturated carbocycles. The molecule has 188 valence electrons. The maximum atomic E-state index is 12.7. The number of hydrogen-bond donors (Lipinski definition) is 4. The van der Waals surface area contributed by atoms with E-state index in [2.05, 4.69) is 11.9 Å². The molecule has 11 atom stereocenters. The molecule has 0 aliphatic heterocycles. The van der Waals surface area contributed by atoms with Crippen LogP contribution in [0, 0.1) is 34.5 Å². The van der Waals surface area contributed by atoms with Crippen LogP contribution in [0.4, 0.5) is 0 Å². The molecular weight excluding hydrogens is 434 g/mol. The van der Waals surface area contributed by atoms with Crippen LogP contribution in [-0.4, -0.2) is 61.4 Å². The van der Waals surface area contributed by atoms with E-state index in [-0.39, 0.29) is 35.2 Å². The monoisotopic (exact) mass is 473 g/mol. The fourth-order valence-corrected chi connectivity index (χ4v) is 8.87. The third kappa shape index (κ3) is 3.23. The minimum absolute atomic E-state index is 0.140. The highest BCUT2D eigenvalue weighted by Gasteiger charge is 2.73. The van der Waals surface area contributed by atoms with Gasteiger partial charge in [-0.2, -0.15) is 0 Å². The molecule has 7 heteroatoms. The summed E-state index contributed by atoms with van der Waals surface area (Å²) < 4.78 is 5.81. The first kappa shape index (κ1) is 24.2. The maximum Gasteiger partial charge on any atom is 0.339 e. The molecule has 1 heterocycles. The van der Waals surface area contributed by atoms with Gasteiger partial charge in [0.1, 0.15) is 6.10 Å². The highest BCUT2D eigenvalue weighted by atomic mass is 16.5. The Morgan fingerprint density at radius 2 is 1.91 bits per heavy atom. The van der Waals surface area contributed by atoms with E-state index in [0.29, 0.717) is 24.8 Å². The number of hydrogen-bond acceptors (Lipinski definition) is 7. The lowest BCUT2D eigenvalue weighted by atomic mass is 9.41. The quantitative estimate of drug-likeness (QED) is 0.498. The van der Waals surface area contributed by atoms with Crippen LogP contribution in [0.1, 0.15) is 76.1 Å². The number of aliphatic hydroxyl groups is 4. The van der Waals surface area contributed by atoms with Crippen LogP contribution in [-0.2, 0) is 4.74 Å². The first-order valence-corrected chi connectivity index (χ1v) is 12.9. The summed E-state index contributed by atoms with van der Waals surface area (Å²) in [5, 5.41) is 45.8. The number of aliphatic hydroxyl groups excluding tert-OH is 3. The van der Waals surface area contributed by atoms with Gasteiger partial charge in [-0.05, 0) is 87.2 Å². The molecule has 0 bridgehead atoms. The summed E-state index contributed by atoms with van der Waals surface area (Å²) >= 11 is 0. The number of carbonyl (C=O) groups is 1. The standard InChI is InChI=1S/C27H39NO6/c1-15(34-24(32)16-5-4-12-28-14-16)19-9-11-27(33)20-7-6-17-13-18(29)8-10-25(17,2)21(20)22(30)23(31)26(19,27)3/h4-5,12,14-15,17-23,29-31,33H,6-11,13H2,1-3H3/t15-,17-,18-,19+,20+,21+,22-,23+,25-,26-,27-/m0/s1. The second kappa shape index (κ2) is 8.26. The highest BCUT2D eigenvalue weighted by molar-refractivity contribution is 5.89. The van der Waals surface area contributed by atoms with Crippen molar-refractivity contribution in [1.29, 1.82) is 0 Å². The Kier molecular flexibility index (Phi) is 5.87. The number of carbonyl (C=O) groups excluding carboxylic acids is 1. The van der Waals surface area contributed by atoms with Crippen molar-refractivity contribution in [3.8, 4) is 0 Å². The SMILES string of the molecule is C[C@H](OC(=O)c1cccnc1)[C@H]1CC[C@]2(O)[C@@H]3CC[C@H]4C[C@@H](O)CC[C@]4(C)[C@H]3[C@H](O)[C@@H](O)[C@]12C. The average molecular weight is 474 g/mol. The lowest BCUT2D eigenvalue weighted by molar-refractivity contribution is -0.289. The predicted molar refractivity (Wildman–Crippen MR) is 125 cm³/mol. The summed E-state index contributed by atoms with van der Waals surface area (Å²) in [6, 6.07) is 3.33. The summed E-state index contributed by atoms with van der Waals surface area (Å²) in [6.07, 6.45) is 5.12. The van der Waals surface area contributed by atoms with E-state index in [0.717, 1.165) is 25.7 Å². The lowest BCUT2D eigenvalue weighted by Crippen LogP contribution is -2.72. The van der Waals surface area contributed by atoms with E-state index < -0.39 is 35.3 Å². The van der Waals surface area contributed by atoms with Gasteiger partial charge < -0.3 is 25.2 Å². The van der Waals surface area contributed by atoms with Crippen LogP contribution in [0.3, 0.4) is 0 Å². The molecule has 0 saturated heterocycles. The number of rotatable bonds is 3. The van der Waals surface area contributed by atoms with Gasteiger partial charge in [-0.3, -0.25) is 4.98 Å². The van der Waals surface area contributed by atoms with Crippen molar-refractivity contribution in [3.63, 3.8) is 0 Å². The van der Waals surface area contributed by atoms with Gasteiger partial charge in [-0.15, -0.1) is 0 Å². The largest absolute Gasteiger partial charge is 0.459 e. The topological polar surface area (TPSA) is 120 Å². The first-order chi connectivity index (χ1) is 16.0. The number of fused-ring (bicyclic) bond motifs is 5. The van der Waals surface area contributed by atoms with Gasteiger partial charge in [0, 0.05) is 23.7 Å². The van der Waals surface area contributed by atoms with Crippen LogP contribution in [0.2, 0.25) is 0 Å². The van der Waals surface area contributed by atoms with Crippen LogP contribution in [0.15, 0.2) is 24.5 Å². The second-order valence-electron chi connectivity index (χ2n) is 12.0. The normalized spacial score (nSPS) is 48.9. The average Bonchev–Trinajstić information content (AvgIpc) is 3.10. The smallest absolute Gasteiger partial charge is 0.339 e. The summed E-state index contributed by atoms with van der Waals surface area (Å²) in [7, 11) is 0. The summed E-state index contributed by atoms with van der Waals surface area (Å²) in [4.78, 5) is 16.7. The molecule has 0 aromatic carbocycles. The van der Waals surface area contributed by atoms with E-state index >= 15 is 0 Å². The third-order valence-corrected chi connectivity index (χ3v) is 10.7. The highest BCUT2D eigenvalue weighted by Crippen LogP contribution is 2.69. The molecule has 0 spiro atoms. The number of ether oxygens (including phenoxy) is 1. The Morgan fingerprint density at radius 3 is 2.62 bits per heavy atom. The van der Waals surface area contributed by atoms with Crippen molar-refractivity contribution in [3.05, 3.63) is 30.1 Å². The predicted octanol–water partition coefficient (Wildman–Crippen LogP) is 2.70. The number of aromatic nitrogens is 1. The van der Waals surface area contributed by atoms with Gasteiger partial charge in [-0.25, -0.2) is 4.79 Å². The van der Waals surface area contributed by atoms with E-state index in [9.17, 15) is 25.2 Å². The molecule has 0 unspecified atom stereocenters. The number of pyridine rings is 1. The zero-order valence-corrected chi connectivity index (χ0v) is 20.4. The number of esters is 1. The molecular formula is C27H39NO6. The molecule has 1 aromatic heterocycles. The minimum atomic E-state index is -1.15. The van der Waals surface area contributed by atoms with Crippen molar-refractivity contribution in [2.75, 3.05) is 0 Å². The summed E-state index contributed by atoms with van der Waals surface area (Å²) in [5.74, 6) is -0.846. The fraction of sp³-hybridized carbons (Fsp3) is 0.778. The van der Waals surface area contributed by atoms with E-state index in [1.807, 2.05) is 13.8 Å². The number of nitrogens with zero attached hydrogens (tertiary/aromatic N) is 1. The van der Waals surface area contributed by atoms with Crippen molar-refractivity contribution in [2.45, 2.75) is 95.7 Å². The van der Waals surface area contributed by atoms with Gasteiger partial charge >= 0.3 is 5.97 Å². The molecule has 4 fully saturated rings. The molecule has 4 aliphatic carbocycles. The van der Waals surface area contributed by atoms with Crippen LogP contribution in [0.25, 0.3) is 0 Å². The molecule has 4 aliphatic rings. The maximum absolute atomic E-state index is 12.7. The van der Waals surface area contributed by atoms with Crippen LogP contribution >= 0.6 is 0 Å². The third-order valence-electron chi connectivity index (χ3n) is 10.7. The molecule has 4 N–H and O–H groups in total. The summed E-state index contributed by atoms with van der Waals surface area (Å²) in [6.45, 7) is 5.89. The first-order valence-electron chi connectivity index (χ1n) is 12.9. The van der Waals surface area contributed by atoms with Crippen molar-refractivity contribution >= 4 is 5.97 Å². The van der Waals surface area contributed by atoms with Crippen molar-refractivity contribution < 1.29 is 30.0 Å². The van der Waals surface area contributed by atoms with E-state index in [4.69, 9.17) is 4.74 Å². The van der Waals surface area contributed by atoms with Gasteiger partial charge in [0.2, 0.25) is 0 Å². The molecule has 7 nitrogen and oxygen atoms in total. The fourth-order valence-electron chi connectivity index (χ4n) is 8.87. The molecule has 5 rings (SSSR count). The van der Waals surface area contributed by atoms with Gasteiger partial charge in [0.25, 0.3) is 0 Å². The van der Waals surface area contributed by atoms with Crippen molar-refractivity contribution in [2.24, 2.45) is 34.5 Å². The zero-order valence-electron chi connectivity index (χ0n) is 20.4. The molecule has 1 aromatic rings. The molecule has 0 amide bonds. The van der Waals surface area contributed by atoms with Gasteiger partial charge in [0.05, 0.1) is 29.5 Å². The van der Waals surface area contributed by atoms with Crippen LogP contribution in [0.5, 0.6) is 0 Å². The lowest BCUT2D eigenvalue weighted by Gasteiger charge is -2.66. The zero-order chi connectivity index (χ0) is 24.5. The van der Waals surface area contributed by atoms with Crippen LogP contribution < -0.4 is 0 Å².